The van der Waals surface area contributed by atoms with Crippen molar-refractivity contribution in [1.82, 2.24) is 45.3 Å². The number of aromatic nitrogens is 7. The van der Waals surface area contributed by atoms with Crippen molar-refractivity contribution < 1.29 is 4.39 Å². The number of piperazine rings is 1. The molecule has 0 spiro atoms. The number of imidazole rings is 1. The van der Waals surface area contributed by atoms with E-state index in [1.165, 1.54) is 25.7 Å². The Hall–Kier alpha value is -3.96. The molecule has 0 unspecified atom stereocenters. The normalized spacial score (nSPS) is 17.0. The molecule has 40 heavy (non-hydrogen) atoms. The number of fused-ring (bicyclic) bond motifs is 2. The number of likely N-dealkylation sites (N-methyl/N-ethyl adjacent to an activating group) is 1. The lowest BCUT2D eigenvalue weighted by Crippen LogP contribution is -2.44. The Morgan fingerprint density at radius 1 is 0.975 bits per heavy atom. The number of aromatic amines is 2. The molecule has 206 valence electrons. The summed E-state index contributed by atoms with van der Waals surface area (Å²) in [5, 5.41) is 11.3. The van der Waals surface area contributed by atoms with Gasteiger partial charge in [-0.15, -0.1) is 0 Å². The monoisotopic (exact) mass is 540 g/mol. The van der Waals surface area contributed by atoms with Crippen LogP contribution in [0.25, 0.3) is 44.7 Å². The molecule has 0 aromatic carbocycles. The van der Waals surface area contributed by atoms with Crippen LogP contribution in [0, 0.1) is 11.7 Å². The van der Waals surface area contributed by atoms with Gasteiger partial charge in [0.1, 0.15) is 16.9 Å². The van der Waals surface area contributed by atoms with Crippen LogP contribution in [-0.4, -0.2) is 79.8 Å². The van der Waals surface area contributed by atoms with Gasteiger partial charge >= 0.3 is 0 Å². The maximum absolute atomic E-state index is 16.2. The number of halogens is 1. The highest BCUT2D eigenvalue weighted by Gasteiger charge is 2.23. The second kappa shape index (κ2) is 10.5. The molecule has 0 bridgehead atoms. The molecule has 0 atom stereocenters. The van der Waals surface area contributed by atoms with Gasteiger partial charge in [0.15, 0.2) is 11.6 Å². The Bertz CT molecular complexity index is 1650. The molecule has 0 radical (unpaired) electrons. The first-order valence-corrected chi connectivity index (χ1v) is 14.1. The van der Waals surface area contributed by atoms with Crippen LogP contribution in [-0.2, 0) is 6.54 Å². The summed E-state index contributed by atoms with van der Waals surface area (Å²) < 4.78 is 16.2. The van der Waals surface area contributed by atoms with E-state index in [4.69, 9.17) is 4.98 Å². The number of anilines is 1. The molecule has 0 amide bonds. The molecular formula is C29H33FN10. The van der Waals surface area contributed by atoms with Crippen molar-refractivity contribution in [1.29, 1.82) is 0 Å². The summed E-state index contributed by atoms with van der Waals surface area (Å²) in [6.45, 7) is 5.46. The number of nitrogens with zero attached hydrogens (tertiary/aromatic N) is 7. The van der Waals surface area contributed by atoms with Gasteiger partial charge in [0, 0.05) is 50.7 Å². The number of pyridine rings is 3. The summed E-state index contributed by atoms with van der Waals surface area (Å²) >= 11 is 0. The first-order chi connectivity index (χ1) is 19.6. The first kappa shape index (κ1) is 25.0. The van der Waals surface area contributed by atoms with Crippen molar-refractivity contribution in [3.63, 3.8) is 0 Å². The average Bonchev–Trinajstić information content (AvgIpc) is 3.73. The minimum absolute atomic E-state index is 0.246. The van der Waals surface area contributed by atoms with Gasteiger partial charge in [0.05, 0.1) is 40.7 Å². The van der Waals surface area contributed by atoms with E-state index in [1.807, 2.05) is 18.5 Å². The highest BCUT2D eigenvalue weighted by Crippen LogP contribution is 2.34. The highest BCUT2D eigenvalue weighted by atomic mass is 19.1. The predicted molar refractivity (Wildman–Crippen MR) is 153 cm³/mol. The average molecular weight is 541 g/mol. The Labute approximate surface area is 231 Å². The van der Waals surface area contributed by atoms with Crippen LogP contribution in [0.4, 0.5) is 10.1 Å². The fourth-order valence-corrected chi connectivity index (χ4v) is 6.01. The number of hydrogen-bond donors (Lipinski definition) is 3. The summed E-state index contributed by atoms with van der Waals surface area (Å²) in [5.74, 6) is 0.796. The zero-order valence-corrected chi connectivity index (χ0v) is 22.6. The third-order valence-electron chi connectivity index (χ3n) is 8.29. The summed E-state index contributed by atoms with van der Waals surface area (Å²) in [7, 11) is 2.13. The first-order valence-electron chi connectivity index (χ1n) is 14.1. The van der Waals surface area contributed by atoms with Crippen LogP contribution in [0.2, 0.25) is 0 Å². The lowest BCUT2D eigenvalue weighted by Gasteiger charge is -2.33. The van der Waals surface area contributed by atoms with Crippen molar-refractivity contribution in [3.05, 3.63) is 48.4 Å². The third-order valence-corrected chi connectivity index (χ3v) is 8.29. The fraction of sp³-hybridized carbons (Fsp3) is 0.414. The van der Waals surface area contributed by atoms with Gasteiger partial charge in [-0.3, -0.25) is 20.1 Å². The maximum Gasteiger partial charge on any atom is 0.161 e. The van der Waals surface area contributed by atoms with Gasteiger partial charge in [-0.2, -0.15) is 5.10 Å². The van der Waals surface area contributed by atoms with Gasteiger partial charge in [0.25, 0.3) is 0 Å². The second-order valence-electron chi connectivity index (χ2n) is 11.1. The molecule has 2 fully saturated rings. The summed E-state index contributed by atoms with van der Waals surface area (Å²) in [4.78, 5) is 26.1. The Morgan fingerprint density at radius 2 is 1.80 bits per heavy atom. The van der Waals surface area contributed by atoms with Crippen molar-refractivity contribution in [2.45, 2.75) is 32.2 Å². The van der Waals surface area contributed by atoms with Gasteiger partial charge in [0.2, 0.25) is 0 Å². The van der Waals surface area contributed by atoms with E-state index in [0.29, 0.717) is 34.5 Å². The summed E-state index contributed by atoms with van der Waals surface area (Å²) in [6, 6.07) is 1.96. The minimum atomic E-state index is -0.447. The predicted octanol–water partition coefficient (Wildman–Crippen LogP) is 4.13. The molecule has 5 aromatic heterocycles. The summed E-state index contributed by atoms with van der Waals surface area (Å²) in [6.07, 6.45) is 14.0. The van der Waals surface area contributed by atoms with Crippen LogP contribution in [0.15, 0.2) is 37.1 Å². The molecule has 2 aliphatic rings. The lowest BCUT2D eigenvalue weighted by molar-refractivity contribution is 0.313. The van der Waals surface area contributed by atoms with Crippen LogP contribution in [0.3, 0.4) is 0 Å². The van der Waals surface area contributed by atoms with E-state index >= 15 is 4.39 Å². The van der Waals surface area contributed by atoms with Crippen LogP contribution >= 0.6 is 0 Å². The van der Waals surface area contributed by atoms with Crippen molar-refractivity contribution >= 4 is 27.6 Å². The highest BCUT2D eigenvalue weighted by molar-refractivity contribution is 5.97. The van der Waals surface area contributed by atoms with E-state index in [-0.39, 0.29) is 5.69 Å². The molecule has 3 N–H and O–H groups in total. The number of hydrogen-bond acceptors (Lipinski definition) is 8. The zero-order chi connectivity index (χ0) is 27.1. The zero-order valence-electron chi connectivity index (χ0n) is 22.6. The van der Waals surface area contributed by atoms with Crippen molar-refractivity contribution in [3.8, 4) is 22.8 Å². The SMILES string of the molecule is CN1CCN(c2cncc3[nH]c(-c4n[nH]c5cnc(-c6cncc(CNCC7CCCC7)c6)c(F)c45)nc23)CC1. The van der Waals surface area contributed by atoms with Gasteiger partial charge in [-0.1, -0.05) is 12.8 Å². The smallest absolute Gasteiger partial charge is 0.161 e. The van der Waals surface area contributed by atoms with Crippen LogP contribution in [0.5, 0.6) is 0 Å². The molecule has 6 heterocycles. The van der Waals surface area contributed by atoms with E-state index in [2.05, 4.69) is 52.3 Å². The third kappa shape index (κ3) is 4.69. The molecule has 1 saturated heterocycles. The standard InChI is InChI=1S/C29H33FN10/c1-39-6-8-40(9-7-39)23-17-33-15-22-27(23)36-29(35-22)28-24-21(37-38-28)16-34-26(25(24)30)20-10-19(13-32-14-20)12-31-11-18-4-2-3-5-18/h10,13-18,31H,2-9,11-12H2,1H3,(H,35,36)(H,37,38). The topological polar surface area (TPSA) is 115 Å². The van der Waals surface area contributed by atoms with Crippen molar-refractivity contribution in [2.75, 3.05) is 44.7 Å². The molecule has 10 nitrogen and oxygen atoms in total. The van der Waals surface area contributed by atoms with Crippen molar-refractivity contribution in [2.24, 2.45) is 5.92 Å². The number of rotatable bonds is 7. The Morgan fingerprint density at radius 3 is 2.65 bits per heavy atom. The van der Waals surface area contributed by atoms with E-state index in [1.54, 1.807) is 18.6 Å². The largest absolute Gasteiger partial charge is 0.366 e. The van der Waals surface area contributed by atoms with Gasteiger partial charge in [-0.05, 0) is 44.0 Å². The summed E-state index contributed by atoms with van der Waals surface area (Å²) in [5.41, 5.74) is 5.39. The molecule has 5 aromatic rings. The Kier molecular flexibility index (Phi) is 6.60. The molecular weight excluding hydrogens is 507 g/mol. The quantitative estimate of drug-likeness (QED) is 0.282. The fourth-order valence-electron chi connectivity index (χ4n) is 6.01. The van der Waals surface area contributed by atoms with Crippen LogP contribution in [0.1, 0.15) is 31.2 Å². The molecule has 11 heteroatoms. The van der Waals surface area contributed by atoms with E-state index in [0.717, 1.165) is 60.9 Å². The maximum atomic E-state index is 16.2. The van der Waals surface area contributed by atoms with E-state index < -0.39 is 5.82 Å². The van der Waals surface area contributed by atoms with E-state index in [9.17, 15) is 0 Å². The number of nitrogens with one attached hydrogen (secondary N) is 3. The minimum Gasteiger partial charge on any atom is -0.366 e. The second-order valence-corrected chi connectivity index (χ2v) is 11.1. The molecule has 1 aliphatic carbocycles. The number of H-pyrrole nitrogens is 2. The molecule has 7 rings (SSSR count). The molecule has 1 saturated carbocycles. The Balaban J connectivity index is 1.20. The lowest BCUT2D eigenvalue weighted by atomic mass is 10.1. The van der Waals surface area contributed by atoms with Gasteiger partial charge < -0.3 is 20.1 Å². The van der Waals surface area contributed by atoms with Gasteiger partial charge in [-0.25, -0.2) is 9.37 Å². The molecule has 1 aliphatic heterocycles. The van der Waals surface area contributed by atoms with Crippen LogP contribution < -0.4 is 10.2 Å².